The van der Waals surface area contributed by atoms with Crippen molar-refractivity contribution in [3.8, 4) is 0 Å². The third-order valence-corrected chi connectivity index (χ3v) is 4.30. The molecule has 1 nitrogen and oxygen atoms in total. The first-order valence-electron chi connectivity index (χ1n) is 6.66. The average molecular weight is 291 g/mol. The van der Waals surface area contributed by atoms with Crippen LogP contribution >= 0.6 is 11.8 Å². The second-order valence-electron chi connectivity index (χ2n) is 4.96. The minimum atomic E-state index is -0.494. The van der Waals surface area contributed by atoms with E-state index in [9.17, 15) is 8.78 Å². The summed E-state index contributed by atoms with van der Waals surface area (Å²) in [6.45, 7) is 0.523. The molecule has 0 radical (unpaired) electrons. The molecule has 3 rings (SSSR count). The zero-order valence-corrected chi connectivity index (χ0v) is 11.7. The van der Waals surface area contributed by atoms with Gasteiger partial charge in [0.05, 0.1) is 4.90 Å². The Labute approximate surface area is 121 Å². The quantitative estimate of drug-likeness (QED) is 0.878. The van der Waals surface area contributed by atoms with Gasteiger partial charge in [0.25, 0.3) is 0 Å². The van der Waals surface area contributed by atoms with Crippen LogP contribution in [-0.4, -0.2) is 6.04 Å². The van der Waals surface area contributed by atoms with Crippen molar-refractivity contribution in [2.45, 2.75) is 35.2 Å². The van der Waals surface area contributed by atoms with Crippen LogP contribution in [0.2, 0.25) is 0 Å². The van der Waals surface area contributed by atoms with E-state index in [1.165, 1.54) is 12.1 Å². The van der Waals surface area contributed by atoms with Crippen LogP contribution in [0.4, 0.5) is 8.78 Å². The summed E-state index contributed by atoms with van der Waals surface area (Å²) in [6, 6.07) is 12.6. The van der Waals surface area contributed by atoms with Gasteiger partial charge in [0.15, 0.2) is 0 Å². The number of nitrogens with one attached hydrogen (secondary N) is 1. The summed E-state index contributed by atoms with van der Waals surface area (Å²) in [4.78, 5) is 0.889. The summed E-state index contributed by atoms with van der Waals surface area (Å²) < 4.78 is 28.1. The number of benzene rings is 2. The Hall–Kier alpha value is -1.39. The highest BCUT2D eigenvalue weighted by Gasteiger charge is 2.20. The van der Waals surface area contributed by atoms with Gasteiger partial charge in [-0.15, -0.1) is 0 Å². The van der Waals surface area contributed by atoms with E-state index in [2.05, 4.69) is 5.32 Å². The van der Waals surface area contributed by atoms with Crippen molar-refractivity contribution in [3.63, 3.8) is 0 Å². The predicted octanol–water partition coefficient (Wildman–Crippen LogP) is 4.37. The van der Waals surface area contributed by atoms with Crippen molar-refractivity contribution < 1.29 is 8.78 Å². The molecule has 2 aromatic carbocycles. The maximum atomic E-state index is 14.0. The predicted molar refractivity (Wildman–Crippen MR) is 76.8 cm³/mol. The lowest BCUT2D eigenvalue weighted by atomic mass is 10.2. The van der Waals surface area contributed by atoms with Gasteiger partial charge in [0.2, 0.25) is 0 Å². The molecule has 1 aliphatic rings. The van der Waals surface area contributed by atoms with Crippen molar-refractivity contribution in [2.24, 2.45) is 0 Å². The average Bonchev–Trinajstić information content (AvgIpc) is 3.26. The lowest BCUT2D eigenvalue weighted by Gasteiger charge is -2.08. The summed E-state index contributed by atoms with van der Waals surface area (Å²) in [7, 11) is 0. The molecule has 0 aromatic heterocycles. The number of rotatable bonds is 5. The van der Waals surface area contributed by atoms with Crippen LogP contribution < -0.4 is 5.32 Å². The first-order chi connectivity index (χ1) is 9.72. The summed E-state index contributed by atoms with van der Waals surface area (Å²) in [6.07, 6.45) is 2.32. The van der Waals surface area contributed by atoms with E-state index >= 15 is 0 Å². The Kier molecular flexibility index (Phi) is 4.03. The molecule has 1 fully saturated rings. The van der Waals surface area contributed by atoms with Crippen LogP contribution in [0, 0.1) is 11.6 Å². The number of hydrogen-bond acceptors (Lipinski definition) is 2. The lowest BCUT2D eigenvalue weighted by Crippen LogP contribution is -2.15. The van der Waals surface area contributed by atoms with Gasteiger partial charge in [-0.2, -0.15) is 0 Å². The van der Waals surface area contributed by atoms with Gasteiger partial charge in [-0.25, -0.2) is 8.78 Å². The topological polar surface area (TPSA) is 12.0 Å². The van der Waals surface area contributed by atoms with E-state index in [4.69, 9.17) is 0 Å². The molecule has 0 spiro atoms. The maximum Gasteiger partial charge on any atom is 0.140 e. The fourth-order valence-electron chi connectivity index (χ4n) is 1.97. The smallest absolute Gasteiger partial charge is 0.140 e. The molecule has 0 heterocycles. The third-order valence-electron chi connectivity index (χ3n) is 3.19. The van der Waals surface area contributed by atoms with Crippen molar-refractivity contribution in [2.75, 3.05) is 0 Å². The second-order valence-corrected chi connectivity index (χ2v) is 6.04. The standard InChI is InChI=1S/C16H15F2NS/c17-14-8-11(10-19-12-6-7-12)9-15(18)16(14)20-13-4-2-1-3-5-13/h1-5,8-9,12,19H,6-7,10H2. The molecule has 2 aromatic rings. The molecule has 0 aliphatic heterocycles. The first kappa shape index (κ1) is 13.6. The minimum absolute atomic E-state index is 0.0615. The van der Waals surface area contributed by atoms with Gasteiger partial charge in [-0.05, 0) is 42.7 Å². The Bertz CT molecular complexity index is 574. The molecule has 0 bridgehead atoms. The summed E-state index contributed by atoms with van der Waals surface area (Å²) in [5.74, 6) is -0.988. The highest BCUT2D eigenvalue weighted by molar-refractivity contribution is 7.99. The molecule has 0 atom stereocenters. The van der Waals surface area contributed by atoms with Crippen LogP contribution in [0.25, 0.3) is 0 Å². The fraction of sp³-hybridized carbons (Fsp3) is 0.250. The van der Waals surface area contributed by atoms with Gasteiger partial charge in [-0.3, -0.25) is 0 Å². The van der Waals surface area contributed by atoms with Crippen LogP contribution in [0.5, 0.6) is 0 Å². The largest absolute Gasteiger partial charge is 0.310 e. The maximum absolute atomic E-state index is 14.0. The van der Waals surface area contributed by atoms with Crippen molar-refractivity contribution >= 4 is 11.8 Å². The monoisotopic (exact) mass is 291 g/mol. The van der Waals surface area contributed by atoms with Gasteiger partial charge in [-0.1, -0.05) is 30.0 Å². The molecule has 0 amide bonds. The normalized spacial score (nSPS) is 14.5. The van der Waals surface area contributed by atoms with Gasteiger partial charge in [0.1, 0.15) is 11.6 Å². The van der Waals surface area contributed by atoms with Gasteiger partial charge >= 0.3 is 0 Å². The SMILES string of the molecule is Fc1cc(CNC2CC2)cc(F)c1Sc1ccccc1. The minimum Gasteiger partial charge on any atom is -0.310 e. The van der Waals surface area contributed by atoms with Gasteiger partial charge < -0.3 is 5.32 Å². The Morgan fingerprint density at radius 3 is 2.30 bits per heavy atom. The molecule has 1 aliphatic carbocycles. The second kappa shape index (κ2) is 5.94. The third kappa shape index (κ3) is 3.38. The fourth-order valence-corrected chi connectivity index (χ4v) is 2.81. The highest BCUT2D eigenvalue weighted by atomic mass is 32.2. The van der Waals surface area contributed by atoms with E-state index in [1.807, 2.05) is 30.3 Å². The highest BCUT2D eigenvalue weighted by Crippen LogP contribution is 2.32. The lowest BCUT2D eigenvalue weighted by molar-refractivity contribution is 0.534. The molecule has 104 valence electrons. The van der Waals surface area contributed by atoms with E-state index in [1.54, 1.807) is 0 Å². The van der Waals surface area contributed by atoms with Crippen LogP contribution in [0.3, 0.4) is 0 Å². The Balaban J connectivity index is 1.77. The molecule has 1 N–H and O–H groups in total. The van der Waals surface area contributed by atoms with E-state index in [-0.39, 0.29) is 4.90 Å². The molecular weight excluding hydrogens is 276 g/mol. The zero-order valence-electron chi connectivity index (χ0n) is 10.9. The number of halogens is 2. The zero-order chi connectivity index (χ0) is 13.9. The van der Waals surface area contributed by atoms with Crippen LogP contribution in [0.1, 0.15) is 18.4 Å². The van der Waals surface area contributed by atoms with Crippen molar-refractivity contribution in [3.05, 3.63) is 59.7 Å². The van der Waals surface area contributed by atoms with Crippen LogP contribution in [0.15, 0.2) is 52.3 Å². The van der Waals surface area contributed by atoms with E-state index in [0.717, 1.165) is 29.5 Å². The molecule has 20 heavy (non-hydrogen) atoms. The molecule has 0 saturated heterocycles. The first-order valence-corrected chi connectivity index (χ1v) is 7.48. The summed E-state index contributed by atoms with van der Waals surface area (Å²) in [5.41, 5.74) is 0.657. The van der Waals surface area contributed by atoms with E-state index < -0.39 is 11.6 Å². The Morgan fingerprint density at radius 2 is 1.70 bits per heavy atom. The molecule has 1 saturated carbocycles. The summed E-state index contributed by atoms with van der Waals surface area (Å²) in [5, 5.41) is 3.26. The Morgan fingerprint density at radius 1 is 1.05 bits per heavy atom. The van der Waals surface area contributed by atoms with E-state index in [0.29, 0.717) is 18.2 Å². The molecular formula is C16H15F2NS. The molecule has 0 unspecified atom stereocenters. The molecule has 4 heteroatoms. The van der Waals surface area contributed by atoms with Crippen molar-refractivity contribution in [1.82, 2.24) is 5.32 Å². The number of hydrogen-bond donors (Lipinski definition) is 1. The van der Waals surface area contributed by atoms with Crippen LogP contribution in [-0.2, 0) is 6.54 Å². The van der Waals surface area contributed by atoms with Gasteiger partial charge in [0, 0.05) is 17.5 Å². The van der Waals surface area contributed by atoms with Crippen molar-refractivity contribution in [1.29, 1.82) is 0 Å². The summed E-state index contributed by atoms with van der Waals surface area (Å²) >= 11 is 1.12.